The van der Waals surface area contributed by atoms with Gasteiger partial charge in [-0.2, -0.15) is 5.10 Å². The fourth-order valence-electron chi connectivity index (χ4n) is 2.39. The monoisotopic (exact) mass is 342 g/mol. The van der Waals surface area contributed by atoms with Gasteiger partial charge in [-0.25, -0.2) is 0 Å². The van der Waals surface area contributed by atoms with Crippen LogP contribution in [0.15, 0.2) is 41.9 Å². The number of H-pyrrole nitrogens is 1. The van der Waals surface area contributed by atoms with E-state index in [0.717, 1.165) is 15.8 Å². The van der Waals surface area contributed by atoms with Crippen LogP contribution in [0.2, 0.25) is 0 Å². The van der Waals surface area contributed by atoms with Gasteiger partial charge in [0.2, 0.25) is 5.91 Å². The highest BCUT2D eigenvalue weighted by Crippen LogP contribution is 2.13. The first-order valence-corrected chi connectivity index (χ1v) is 8.59. The van der Waals surface area contributed by atoms with Gasteiger partial charge in [-0.15, -0.1) is 11.3 Å². The van der Waals surface area contributed by atoms with Crippen LogP contribution < -0.4 is 10.6 Å². The van der Waals surface area contributed by atoms with Crippen LogP contribution in [0, 0.1) is 0 Å². The standard InChI is InChI=1S/C17H18N4O2S/c1-2-14(17(23)18-10-13-4-3-7-24-13)20-16(22)11-5-6-15-12(8-11)9-19-21-15/h3-9,14H,2,10H2,1H3,(H,18,23)(H,19,21)(H,20,22). The molecule has 3 rings (SSSR count). The van der Waals surface area contributed by atoms with Crippen molar-refractivity contribution in [1.82, 2.24) is 20.8 Å². The van der Waals surface area contributed by atoms with Crippen LogP contribution in [-0.4, -0.2) is 28.1 Å². The number of amides is 2. The number of nitrogens with one attached hydrogen (secondary N) is 3. The first-order chi connectivity index (χ1) is 11.7. The minimum atomic E-state index is -0.558. The van der Waals surface area contributed by atoms with Crippen LogP contribution in [0.25, 0.3) is 10.9 Å². The lowest BCUT2D eigenvalue weighted by Crippen LogP contribution is -2.46. The minimum Gasteiger partial charge on any atom is -0.349 e. The summed E-state index contributed by atoms with van der Waals surface area (Å²) in [6.45, 7) is 2.35. The summed E-state index contributed by atoms with van der Waals surface area (Å²) in [7, 11) is 0. The van der Waals surface area contributed by atoms with Crippen molar-refractivity contribution in [3.8, 4) is 0 Å². The Morgan fingerprint density at radius 3 is 2.96 bits per heavy atom. The van der Waals surface area contributed by atoms with Crippen molar-refractivity contribution >= 4 is 34.1 Å². The maximum absolute atomic E-state index is 12.4. The third-order valence-electron chi connectivity index (χ3n) is 3.75. The van der Waals surface area contributed by atoms with E-state index in [1.54, 1.807) is 35.7 Å². The number of rotatable bonds is 6. The van der Waals surface area contributed by atoms with Crippen molar-refractivity contribution in [3.05, 3.63) is 52.3 Å². The molecule has 1 unspecified atom stereocenters. The second kappa shape index (κ2) is 7.27. The molecule has 24 heavy (non-hydrogen) atoms. The smallest absolute Gasteiger partial charge is 0.251 e. The zero-order valence-corrected chi connectivity index (χ0v) is 14.0. The molecule has 7 heteroatoms. The van der Waals surface area contributed by atoms with E-state index >= 15 is 0 Å². The van der Waals surface area contributed by atoms with E-state index in [-0.39, 0.29) is 11.8 Å². The molecule has 0 saturated heterocycles. The number of hydrogen-bond donors (Lipinski definition) is 3. The Morgan fingerprint density at radius 2 is 2.21 bits per heavy atom. The summed E-state index contributed by atoms with van der Waals surface area (Å²) in [6, 6.07) is 8.62. The van der Waals surface area contributed by atoms with E-state index in [4.69, 9.17) is 0 Å². The normalized spacial score (nSPS) is 12.0. The molecule has 0 fully saturated rings. The molecular weight excluding hydrogens is 324 g/mol. The number of benzene rings is 1. The number of nitrogens with zero attached hydrogens (tertiary/aromatic N) is 1. The molecule has 3 N–H and O–H groups in total. The Morgan fingerprint density at radius 1 is 1.33 bits per heavy atom. The lowest BCUT2D eigenvalue weighted by atomic mass is 10.1. The second-order valence-electron chi connectivity index (χ2n) is 5.40. The molecule has 2 heterocycles. The van der Waals surface area contributed by atoms with Gasteiger partial charge in [0.05, 0.1) is 18.3 Å². The maximum atomic E-state index is 12.4. The first kappa shape index (κ1) is 16.2. The Labute approximate surface area is 143 Å². The molecule has 0 radical (unpaired) electrons. The van der Waals surface area contributed by atoms with E-state index in [1.165, 1.54) is 0 Å². The van der Waals surface area contributed by atoms with E-state index in [2.05, 4.69) is 20.8 Å². The van der Waals surface area contributed by atoms with Gasteiger partial charge in [0.25, 0.3) is 5.91 Å². The Bertz CT molecular complexity index is 841. The number of carbonyl (C=O) groups is 2. The van der Waals surface area contributed by atoms with Gasteiger partial charge in [-0.05, 0) is 36.1 Å². The predicted molar refractivity (Wildman–Crippen MR) is 93.8 cm³/mol. The number of thiophene rings is 1. The summed E-state index contributed by atoms with van der Waals surface area (Å²) in [5.74, 6) is -0.445. The SMILES string of the molecule is CCC(NC(=O)c1ccc2[nH]ncc2c1)C(=O)NCc1cccs1. The first-order valence-electron chi connectivity index (χ1n) is 7.71. The van der Waals surface area contributed by atoms with Crippen molar-refractivity contribution in [2.75, 3.05) is 0 Å². The van der Waals surface area contributed by atoms with Crippen LogP contribution in [-0.2, 0) is 11.3 Å². The van der Waals surface area contributed by atoms with Gasteiger partial charge in [0.1, 0.15) is 6.04 Å². The highest BCUT2D eigenvalue weighted by molar-refractivity contribution is 7.09. The maximum Gasteiger partial charge on any atom is 0.251 e. The fraction of sp³-hybridized carbons (Fsp3) is 0.235. The van der Waals surface area contributed by atoms with Gasteiger partial charge < -0.3 is 10.6 Å². The summed E-state index contributed by atoms with van der Waals surface area (Å²) in [6.07, 6.45) is 2.19. The van der Waals surface area contributed by atoms with Crippen molar-refractivity contribution in [2.24, 2.45) is 0 Å². The van der Waals surface area contributed by atoms with E-state index in [0.29, 0.717) is 18.5 Å². The molecule has 0 bridgehead atoms. The van der Waals surface area contributed by atoms with Gasteiger partial charge >= 0.3 is 0 Å². The lowest BCUT2D eigenvalue weighted by molar-refractivity contribution is -0.123. The quantitative estimate of drug-likeness (QED) is 0.643. The third kappa shape index (κ3) is 3.62. The van der Waals surface area contributed by atoms with Crippen LogP contribution in [0.4, 0.5) is 0 Å². The Kier molecular flexibility index (Phi) is 4.90. The summed E-state index contributed by atoms with van der Waals surface area (Å²) < 4.78 is 0. The van der Waals surface area contributed by atoms with Crippen LogP contribution in [0.1, 0.15) is 28.6 Å². The van der Waals surface area contributed by atoms with Crippen molar-refractivity contribution < 1.29 is 9.59 Å². The van der Waals surface area contributed by atoms with E-state index in [9.17, 15) is 9.59 Å². The lowest BCUT2D eigenvalue weighted by Gasteiger charge is -2.16. The van der Waals surface area contributed by atoms with E-state index < -0.39 is 6.04 Å². The number of aromatic nitrogens is 2. The van der Waals surface area contributed by atoms with Crippen LogP contribution in [0.5, 0.6) is 0 Å². The van der Waals surface area contributed by atoms with Crippen molar-refractivity contribution in [3.63, 3.8) is 0 Å². The summed E-state index contributed by atoms with van der Waals surface area (Å²) in [5, 5.41) is 15.3. The number of fused-ring (bicyclic) bond motifs is 1. The predicted octanol–water partition coefficient (Wildman–Crippen LogP) is 2.45. The third-order valence-corrected chi connectivity index (χ3v) is 4.63. The number of aromatic amines is 1. The molecule has 0 saturated carbocycles. The zero-order chi connectivity index (χ0) is 16.9. The van der Waals surface area contributed by atoms with Gasteiger partial charge in [-0.3, -0.25) is 14.7 Å². The summed E-state index contributed by atoms with van der Waals surface area (Å²) in [5.41, 5.74) is 1.38. The molecule has 0 aliphatic heterocycles. The molecule has 2 aromatic heterocycles. The molecule has 3 aromatic rings. The highest BCUT2D eigenvalue weighted by Gasteiger charge is 2.19. The van der Waals surface area contributed by atoms with Gasteiger partial charge in [0.15, 0.2) is 0 Å². The average molecular weight is 342 g/mol. The largest absolute Gasteiger partial charge is 0.349 e. The van der Waals surface area contributed by atoms with Gasteiger partial charge in [0, 0.05) is 15.8 Å². The van der Waals surface area contributed by atoms with Crippen LogP contribution >= 0.6 is 11.3 Å². The van der Waals surface area contributed by atoms with Crippen molar-refractivity contribution in [1.29, 1.82) is 0 Å². The summed E-state index contributed by atoms with van der Waals surface area (Å²) in [4.78, 5) is 25.7. The molecule has 1 atom stereocenters. The average Bonchev–Trinajstić information content (AvgIpc) is 3.27. The Balaban J connectivity index is 1.62. The number of hydrogen-bond acceptors (Lipinski definition) is 4. The van der Waals surface area contributed by atoms with Crippen LogP contribution in [0.3, 0.4) is 0 Å². The molecule has 0 spiro atoms. The highest BCUT2D eigenvalue weighted by atomic mass is 32.1. The number of carbonyl (C=O) groups excluding carboxylic acids is 2. The molecule has 0 aliphatic rings. The second-order valence-corrected chi connectivity index (χ2v) is 6.44. The topological polar surface area (TPSA) is 86.9 Å². The van der Waals surface area contributed by atoms with E-state index in [1.807, 2.05) is 24.4 Å². The molecule has 1 aromatic carbocycles. The molecule has 2 amide bonds. The Hall–Kier alpha value is -2.67. The van der Waals surface area contributed by atoms with Crippen molar-refractivity contribution in [2.45, 2.75) is 25.9 Å². The molecule has 124 valence electrons. The molecular formula is C17H18N4O2S. The molecule has 6 nitrogen and oxygen atoms in total. The fourth-order valence-corrected chi connectivity index (χ4v) is 3.03. The molecule has 0 aliphatic carbocycles. The summed E-state index contributed by atoms with van der Waals surface area (Å²) >= 11 is 1.59. The minimum absolute atomic E-state index is 0.177. The zero-order valence-electron chi connectivity index (χ0n) is 13.2. The van der Waals surface area contributed by atoms with Gasteiger partial charge in [-0.1, -0.05) is 13.0 Å².